The van der Waals surface area contributed by atoms with Gasteiger partial charge in [0.05, 0.1) is 13.2 Å². The quantitative estimate of drug-likeness (QED) is 0.612. The molecular weight excluding hydrogens is 216 g/mol. The van der Waals surface area contributed by atoms with Crippen molar-refractivity contribution in [1.82, 2.24) is 10.2 Å². The van der Waals surface area contributed by atoms with E-state index in [0.717, 1.165) is 0 Å². The first-order valence-electron chi connectivity index (χ1n) is 4.75. The Labute approximate surface area is 94.3 Å². The minimum absolute atomic E-state index is 0.0702. The fraction of sp³-hybridized carbons (Fsp3) is 0.778. The van der Waals surface area contributed by atoms with Crippen LogP contribution < -0.4 is 5.32 Å². The van der Waals surface area contributed by atoms with E-state index in [0.29, 0.717) is 13.2 Å². The molecule has 7 nitrogen and oxygen atoms in total. The minimum Gasteiger partial charge on any atom is -0.480 e. The lowest BCUT2D eigenvalue weighted by Crippen LogP contribution is -2.49. The van der Waals surface area contributed by atoms with Gasteiger partial charge in [-0.3, -0.25) is 0 Å². The average molecular weight is 234 g/mol. The number of rotatable bonds is 7. The van der Waals surface area contributed by atoms with Crippen LogP contribution in [0.5, 0.6) is 0 Å². The van der Waals surface area contributed by atoms with E-state index < -0.39 is 18.0 Å². The maximum atomic E-state index is 11.5. The van der Waals surface area contributed by atoms with Gasteiger partial charge in [-0.1, -0.05) is 0 Å². The van der Waals surface area contributed by atoms with Gasteiger partial charge in [0.1, 0.15) is 0 Å². The molecule has 7 heteroatoms. The molecule has 0 saturated carbocycles. The molecule has 94 valence electrons. The maximum absolute atomic E-state index is 11.5. The number of nitrogens with zero attached hydrogens (tertiary/aromatic N) is 1. The SMILES string of the molecule is COCCN(C)C(=O)NC(COC)C(=O)O. The number of carboxylic acid groups (broad SMARTS) is 1. The van der Waals surface area contributed by atoms with Gasteiger partial charge in [-0.25, -0.2) is 9.59 Å². The molecule has 16 heavy (non-hydrogen) atoms. The van der Waals surface area contributed by atoms with Gasteiger partial charge in [-0.15, -0.1) is 0 Å². The lowest BCUT2D eigenvalue weighted by molar-refractivity contribution is -0.140. The number of carboxylic acids is 1. The molecular formula is C9H18N2O5. The smallest absolute Gasteiger partial charge is 0.328 e. The van der Waals surface area contributed by atoms with Crippen LogP contribution in [-0.4, -0.2) is 69.1 Å². The third-order valence-electron chi connectivity index (χ3n) is 1.91. The summed E-state index contributed by atoms with van der Waals surface area (Å²) in [6.07, 6.45) is 0. The van der Waals surface area contributed by atoms with Crippen molar-refractivity contribution in [2.75, 3.05) is 41.0 Å². The van der Waals surface area contributed by atoms with Crippen LogP contribution in [0.15, 0.2) is 0 Å². The molecule has 0 aromatic heterocycles. The summed E-state index contributed by atoms with van der Waals surface area (Å²) in [7, 11) is 4.45. The highest BCUT2D eigenvalue weighted by Crippen LogP contribution is 1.90. The van der Waals surface area contributed by atoms with E-state index >= 15 is 0 Å². The average Bonchev–Trinajstić information content (AvgIpc) is 2.24. The number of ether oxygens (including phenoxy) is 2. The third-order valence-corrected chi connectivity index (χ3v) is 1.91. The molecule has 0 fully saturated rings. The lowest BCUT2D eigenvalue weighted by atomic mass is 10.3. The summed E-state index contributed by atoms with van der Waals surface area (Å²) in [6, 6.07) is -1.51. The number of hydrogen-bond donors (Lipinski definition) is 2. The number of amides is 2. The number of likely N-dealkylation sites (N-methyl/N-ethyl adjacent to an activating group) is 1. The van der Waals surface area contributed by atoms with Crippen molar-refractivity contribution >= 4 is 12.0 Å². The standard InChI is InChI=1S/C9H18N2O5/c1-11(4-5-15-2)9(14)10-7(6-16-3)8(12)13/h7H,4-6H2,1-3H3,(H,10,14)(H,12,13). The topological polar surface area (TPSA) is 88.1 Å². The molecule has 0 aromatic carbocycles. The summed E-state index contributed by atoms with van der Waals surface area (Å²) in [5.41, 5.74) is 0. The highest BCUT2D eigenvalue weighted by atomic mass is 16.5. The Kier molecular flexibility index (Phi) is 7.23. The molecule has 2 amide bonds. The zero-order valence-corrected chi connectivity index (χ0v) is 9.73. The van der Waals surface area contributed by atoms with Gasteiger partial charge in [0.15, 0.2) is 6.04 Å². The van der Waals surface area contributed by atoms with Crippen molar-refractivity contribution in [1.29, 1.82) is 0 Å². The molecule has 0 bridgehead atoms. The van der Waals surface area contributed by atoms with Gasteiger partial charge >= 0.3 is 12.0 Å². The second kappa shape index (κ2) is 7.89. The van der Waals surface area contributed by atoms with Crippen molar-refractivity contribution in [3.8, 4) is 0 Å². The Balaban J connectivity index is 4.12. The second-order valence-electron chi connectivity index (χ2n) is 3.21. The predicted octanol–water partition coefficient (Wildman–Crippen LogP) is -0.626. The van der Waals surface area contributed by atoms with E-state index in [1.807, 2.05) is 0 Å². The summed E-state index contributed by atoms with van der Waals surface area (Å²) < 4.78 is 9.49. The highest BCUT2D eigenvalue weighted by molar-refractivity contribution is 5.82. The van der Waals surface area contributed by atoms with Crippen molar-refractivity contribution < 1.29 is 24.2 Å². The molecule has 0 rings (SSSR count). The summed E-state index contributed by atoms with van der Waals surface area (Å²) in [6.45, 7) is 0.715. The van der Waals surface area contributed by atoms with E-state index in [1.54, 1.807) is 7.05 Å². The van der Waals surface area contributed by atoms with Crippen LogP contribution in [0.1, 0.15) is 0 Å². The molecule has 1 unspecified atom stereocenters. The molecule has 0 spiro atoms. The molecule has 2 N–H and O–H groups in total. The largest absolute Gasteiger partial charge is 0.480 e. The molecule has 0 aliphatic rings. The van der Waals surface area contributed by atoms with E-state index in [1.165, 1.54) is 19.1 Å². The van der Waals surface area contributed by atoms with Crippen LogP contribution in [0.3, 0.4) is 0 Å². The zero-order chi connectivity index (χ0) is 12.6. The molecule has 0 aliphatic carbocycles. The normalized spacial score (nSPS) is 11.9. The van der Waals surface area contributed by atoms with Crippen molar-refractivity contribution in [3.63, 3.8) is 0 Å². The van der Waals surface area contributed by atoms with E-state index in [-0.39, 0.29) is 6.61 Å². The Morgan fingerprint density at radius 2 is 2.00 bits per heavy atom. The van der Waals surface area contributed by atoms with Crippen LogP contribution in [0, 0.1) is 0 Å². The van der Waals surface area contributed by atoms with Crippen LogP contribution in [0.4, 0.5) is 4.79 Å². The van der Waals surface area contributed by atoms with Crippen LogP contribution >= 0.6 is 0 Å². The van der Waals surface area contributed by atoms with Gasteiger partial charge < -0.3 is 24.8 Å². The number of methoxy groups -OCH3 is 2. The number of hydrogen-bond acceptors (Lipinski definition) is 4. The van der Waals surface area contributed by atoms with Gasteiger partial charge in [-0.2, -0.15) is 0 Å². The number of carbonyl (C=O) groups is 2. The predicted molar refractivity (Wildman–Crippen MR) is 56.3 cm³/mol. The van der Waals surface area contributed by atoms with Crippen molar-refractivity contribution in [2.24, 2.45) is 0 Å². The number of aliphatic carboxylic acids is 1. The van der Waals surface area contributed by atoms with Crippen LogP contribution in [0.25, 0.3) is 0 Å². The molecule has 0 radical (unpaired) electrons. The third kappa shape index (κ3) is 5.52. The summed E-state index contributed by atoms with van der Waals surface area (Å²) in [5.74, 6) is -1.13. The van der Waals surface area contributed by atoms with Gasteiger partial charge in [0.25, 0.3) is 0 Å². The van der Waals surface area contributed by atoms with Gasteiger partial charge in [0.2, 0.25) is 0 Å². The van der Waals surface area contributed by atoms with Crippen molar-refractivity contribution in [3.05, 3.63) is 0 Å². The molecule has 0 saturated heterocycles. The van der Waals surface area contributed by atoms with Crippen LogP contribution in [-0.2, 0) is 14.3 Å². The Hall–Kier alpha value is -1.34. The maximum Gasteiger partial charge on any atom is 0.328 e. The molecule has 0 aromatic rings. The number of carbonyl (C=O) groups excluding carboxylic acids is 1. The Morgan fingerprint density at radius 3 is 2.44 bits per heavy atom. The molecule has 1 atom stereocenters. The van der Waals surface area contributed by atoms with Crippen LogP contribution in [0.2, 0.25) is 0 Å². The van der Waals surface area contributed by atoms with Gasteiger partial charge in [0, 0.05) is 27.8 Å². The number of urea groups is 1. The first kappa shape index (κ1) is 14.7. The first-order valence-corrected chi connectivity index (χ1v) is 4.75. The Morgan fingerprint density at radius 1 is 1.38 bits per heavy atom. The van der Waals surface area contributed by atoms with Gasteiger partial charge in [-0.05, 0) is 0 Å². The monoisotopic (exact) mass is 234 g/mol. The minimum atomic E-state index is -1.13. The first-order chi connectivity index (χ1) is 7.52. The zero-order valence-electron chi connectivity index (χ0n) is 9.73. The fourth-order valence-corrected chi connectivity index (χ4v) is 0.930. The summed E-state index contributed by atoms with van der Waals surface area (Å²) in [5, 5.41) is 11.1. The second-order valence-corrected chi connectivity index (χ2v) is 3.21. The fourth-order valence-electron chi connectivity index (χ4n) is 0.930. The van der Waals surface area contributed by atoms with E-state index in [4.69, 9.17) is 9.84 Å². The Bertz CT molecular complexity index is 234. The number of nitrogens with one attached hydrogen (secondary N) is 1. The van der Waals surface area contributed by atoms with Crippen molar-refractivity contribution in [2.45, 2.75) is 6.04 Å². The van der Waals surface area contributed by atoms with E-state index in [2.05, 4.69) is 10.1 Å². The highest BCUT2D eigenvalue weighted by Gasteiger charge is 2.21. The molecule has 0 aliphatic heterocycles. The molecule has 0 heterocycles. The van der Waals surface area contributed by atoms with E-state index in [9.17, 15) is 9.59 Å². The summed E-state index contributed by atoms with van der Waals surface area (Å²) in [4.78, 5) is 23.5. The lowest BCUT2D eigenvalue weighted by Gasteiger charge is -2.20. The summed E-state index contributed by atoms with van der Waals surface area (Å²) >= 11 is 0.